The molecule has 0 atom stereocenters. The molecule has 0 aliphatic rings. The number of hydrogen-bond donors (Lipinski definition) is 0. The minimum Gasteiger partial charge on any atom is 0 e. The SMILES string of the molecule is N#[C][Fe].[Cu].[Mn]. The average molecular weight is 200 g/mol. The van der Waals surface area contributed by atoms with Crippen molar-refractivity contribution in [3.63, 3.8) is 0 Å². The van der Waals surface area contributed by atoms with Gasteiger partial charge in [0.25, 0.3) is 0 Å². The topological polar surface area (TPSA) is 23.8 Å². The summed E-state index contributed by atoms with van der Waals surface area (Å²) in [5.41, 5.74) is 0. The van der Waals surface area contributed by atoms with Crippen LogP contribution in [0.25, 0.3) is 0 Å². The third-order valence-electron chi connectivity index (χ3n) is 0. The first-order valence-corrected chi connectivity index (χ1v) is 0.952. The zero-order valence-electron chi connectivity index (χ0n) is 1.98. The van der Waals surface area contributed by atoms with E-state index in [-0.39, 0.29) is 34.1 Å². The molecule has 2 radical (unpaired) electrons. The monoisotopic (exact) mass is 200 g/mol. The molecule has 0 aromatic heterocycles. The van der Waals surface area contributed by atoms with Crippen LogP contribution in [0.15, 0.2) is 0 Å². The minimum absolute atomic E-state index is 0. The molecule has 0 spiro atoms. The van der Waals surface area contributed by atoms with E-state index in [9.17, 15) is 0 Å². The second-order valence-corrected chi connectivity index (χ2v) is 0.326. The quantitative estimate of drug-likeness (QED) is 0.505. The summed E-state index contributed by atoms with van der Waals surface area (Å²) in [4.78, 5) is 1.50. The Hall–Kier alpha value is 1.05. The number of hydrogen-bond acceptors (Lipinski definition) is 1. The Balaban J connectivity index is -0.0000000200. The number of nitrogens with zero attached hydrogens (tertiary/aromatic N) is 1. The molecule has 5 heavy (non-hydrogen) atoms. The van der Waals surface area contributed by atoms with Gasteiger partial charge in [-0.3, -0.25) is 0 Å². The van der Waals surface area contributed by atoms with Crippen LogP contribution in [-0.4, -0.2) is 0 Å². The molecule has 0 heterocycles. The molecule has 0 fully saturated rings. The Kier molecular flexibility index (Phi) is 65.4. The fourth-order valence-corrected chi connectivity index (χ4v) is 0. The summed E-state index contributed by atoms with van der Waals surface area (Å²) < 4.78 is 0. The van der Waals surface area contributed by atoms with Gasteiger partial charge in [0.15, 0.2) is 0 Å². The van der Waals surface area contributed by atoms with Crippen molar-refractivity contribution < 1.29 is 50.2 Å². The van der Waals surface area contributed by atoms with Crippen molar-refractivity contribution in [2.24, 2.45) is 0 Å². The van der Waals surface area contributed by atoms with Crippen LogP contribution in [0.3, 0.4) is 0 Å². The smallest absolute Gasteiger partial charge is 0 e. The molecule has 4 heteroatoms. The summed E-state index contributed by atoms with van der Waals surface area (Å²) >= 11 is 2.79. The maximum absolute atomic E-state index is 7.21. The van der Waals surface area contributed by atoms with Gasteiger partial charge < -0.3 is 0 Å². The van der Waals surface area contributed by atoms with Gasteiger partial charge in [-0.05, 0) is 0 Å². The standard InChI is InChI=1S/CN.Cu.Fe.Mn/c1-2;;;. The second kappa shape index (κ2) is 19.7. The van der Waals surface area contributed by atoms with Crippen molar-refractivity contribution in [3.05, 3.63) is 0 Å². The summed E-state index contributed by atoms with van der Waals surface area (Å²) in [6.07, 6.45) is 0. The van der Waals surface area contributed by atoms with Gasteiger partial charge in [-0.2, -0.15) is 0 Å². The van der Waals surface area contributed by atoms with Crippen LogP contribution in [-0.2, 0) is 50.2 Å². The Morgan fingerprint density at radius 3 is 1.60 bits per heavy atom. The van der Waals surface area contributed by atoms with Crippen molar-refractivity contribution >= 4 is 0 Å². The predicted octanol–water partition coefficient (Wildman–Crippen LogP) is 0.00928. The summed E-state index contributed by atoms with van der Waals surface area (Å²) in [5.74, 6) is 0. The van der Waals surface area contributed by atoms with Crippen LogP contribution in [0, 0.1) is 10.2 Å². The summed E-state index contributed by atoms with van der Waals surface area (Å²) in [5, 5.41) is 7.21. The Labute approximate surface area is 60.3 Å². The predicted molar refractivity (Wildman–Crippen MR) is 5.61 cm³/mol. The van der Waals surface area contributed by atoms with E-state index in [1.54, 1.807) is 0 Å². The molecule has 0 saturated heterocycles. The fourth-order valence-electron chi connectivity index (χ4n) is 0. The largest absolute Gasteiger partial charge is 0 e. The van der Waals surface area contributed by atoms with E-state index in [4.69, 9.17) is 5.26 Å². The van der Waals surface area contributed by atoms with Crippen LogP contribution in [0.1, 0.15) is 0 Å². The van der Waals surface area contributed by atoms with Crippen molar-refractivity contribution in [2.45, 2.75) is 0 Å². The Bertz CT molecular complexity index is 33.1. The molecular weight excluding hydrogens is 200 g/mol. The fraction of sp³-hybridized carbons (Fsp3) is 0. The van der Waals surface area contributed by atoms with E-state index in [0.29, 0.717) is 0 Å². The van der Waals surface area contributed by atoms with E-state index >= 15 is 0 Å². The summed E-state index contributed by atoms with van der Waals surface area (Å²) in [6, 6.07) is 0. The van der Waals surface area contributed by atoms with Crippen molar-refractivity contribution in [3.8, 4) is 4.97 Å². The Morgan fingerprint density at radius 2 is 1.60 bits per heavy atom. The van der Waals surface area contributed by atoms with E-state index in [1.807, 2.05) is 0 Å². The van der Waals surface area contributed by atoms with Gasteiger partial charge in [0.2, 0.25) is 0 Å². The first-order valence-electron chi connectivity index (χ1n) is 0.400. The Morgan fingerprint density at radius 1 is 1.60 bits per heavy atom. The summed E-state index contributed by atoms with van der Waals surface area (Å²) in [6.45, 7) is 0. The molecule has 0 N–H and O–H groups in total. The molecule has 0 aromatic rings. The van der Waals surface area contributed by atoms with Crippen LogP contribution in [0.5, 0.6) is 0 Å². The molecule has 1 nitrogen and oxygen atoms in total. The van der Waals surface area contributed by atoms with E-state index in [1.165, 1.54) is 4.97 Å². The second-order valence-electron chi connectivity index (χ2n) is 0.0791. The van der Waals surface area contributed by atoms with Gasteiger partial charge in [-0.1, -0.05) is 0 Å². The zero-order chi connectivity index (χ0) is 2.71. The van der Waals surface area contributed by atoms with Crippen LogP contribution < -0.4 is 0 Å². The first kappa shape index (κ1) is 16.6. The molecule has 0 aromatic carbocycles. The van der Waals surface area contributed by atoms with Gasteiger partial charge in [0, 0.05) is 34.1 Å². The molecule has 35 valence electrons. The van der Waals surface area contributed by atoms with E-state index < -0.39 is 0 Å². The molecular formula is CCuFeMnN. The molecule has 0 aliphatic heterocycles. The normalized spacial score (nSPS) is 1.60. The van der Waals surface area contributed by atoms with Gasteiger partial charge in [0.05, 0.1) is 0 Å². The average Bonchev–Trinajstić information content (AvgIpc) is 0.918. The van der Waals surface area contributed by atoms with Crippen molar-refractivity contribution in [2.75, 3.05) is 0 Å². The molecule has 0 amide bonds. The number of nitriles is 1. The molecule has 0 unspecified atom stereocenters. The van der Waals surface area contributed by atoms with Gasteiger partial charge in [0.1, 0.15) is 0 Å². The minimum atomic E-state index is 0. The molecule has 0 rings (SSSR count). The first-order chi connectivity index (χ1) is 1.41. The van der Waals surface area contributed by atoms with Crippen molar-refractivity contribution in [1.82, 2.24) is 0 Å². The third kappa shape index (κ3) is 42.7. The van der Waals surface area contributed by atoms with Crippen molar-refractivity contribution in [1.29, 1.82) is 5.26 Å². The molecule has 0 saturated carbocycles. The number of rotatable bonds is 0. The maximum atomic E-state index is 7.21. The van der Waals surface area contributed by atoms with Crippen LogP contribution >= 0.6 is 0 Å². The summed E-state index contributed by atoms with van der Waals surface area (Å²) in [7, 11) is 0. The zero-order valence-corrected chi connectivity index (χ0v) is 5.21. The van der Waals surface area contributed by atoms with Gasteiger partial charge in [-0.15, -0.1) is 0 Å². The van der Waals surface area contributed by atoms with E-state index in [0.717, 1.165) is 0 Å². The van der Waals surface area contributed by atoms with Gasteiger partial charge in [-0.25, -0.2) is 0 Å². The van der Waals surface area contributed by atoms with Crippen LogP contribution in [0.2, 0.25) is 0 Å². The molecule has 0 bridgehead atoms. The third-order valence-corrected chi connectivity index (χ3v) is 0. The molecule has 0 aliphatic carbocycles. The van der Waals surface area contributed by atoms with Gasteiger partial charge >= 0.3 is 26.2 Å². The van der Waals surface area contributed by atoms with Crippen LogP contribution in [0.4, 0.5) is 0 Å². The van der Waals surface area contributed by atoms with E-state index in [2.05, 4.69) is 16.0 Å². The maximum Gasteiger partial charge on any atom is 0 e.